The number of ether oxygens (including phenoxy) is 2. The van der Waals surface area contributed by atoms with Gasteiger partial charge >= 0.3 is 0 Å². The molecule has 0 heterocycles. The van der Waals surface area contributed by atoms with Crippen molar-refractivity contribution >= 4 is 21.6 Å². The average molecular weight is 392 g/mol. The molecule has 0 unspecified atom stereocenters. The molecule has 2 aromatic carbocycles. The molecule has 0 aromatic heterocycles. The smallest absolute Gasteiger partial charge is 0.255 e. The van der Waals surface area contributed by atoms with Gasteiger partial charge in [-0.2, -0.15) is 0 Å². The van der Waals surface area contributed by atoms with Gasteiger partial charge in [-0.05, 0) is 56.8 Å². The third-order valence-electron chi connectivity index (χ3n) is 4.01. The summed E-state index contributed by atoms with van der Waals surface area (Å²) in [5.41, 5.74) is 2.16. The molecule has 8 heteroatoms. The van der Waals surface area contributed by atoms with E-state index >= 15 is 0 Å². The van der Waals surface area contributed by atoms with Crippen LogP contribution in [0, 0.1) is 6.92 Å². The Balaban J connectivity index is 2.28. The summed E-state index contributed by atoms with van der Waals surface area (Å²) in [5.74, 6) is 0.282. The third-order valence-corrected chi connectivity index (χ3v) is 5.56. The molecule has 0 bridgehead atoms. The number of anilines is 1. The van der Waals surface area contributed by atoms with Crippen molar-refractivity contribution in [1.82, 2.24) is 4.72 Å². The van der Waals surface area contributed by atoms with Crippen LogP contribution in [0.3, 0.4) is 0 Å². The van der Waals surface area contributed by atoms with Crippen LogP contribution in [0.15, 0.2) is 41.3 Å². The summed E-state index contributed by atoms with van der Waals surface area (Å²) in [6.45, 7) is 4.46. The lowest BCUT2D eigenvalue weighted by molar-refractivity contribution is 0.102. The summed E-state index contributed by atoms with van der Waals surface area (Å²) in [6.07, 6.45) is 0. The third kappa shape index (κ3) is 5.06. The number of methoxy groups -OCH3 is 1. The van der Waals surface area contributed by atoms with Crippen molar-refractivity contribution in [3.63, 3.8) is 0 Å². The molecule has 2 aromatic rings. The Morgan fingerprint density at radius 2 is 1.89 bits per heavy atom. The molecule has 146 valence electrons. The van der Waals surface area contributed by atoms with Gasteiger partial charge in [-0.15, -0.1) is 0 Å². The Kier molecular flexibility index (Phi) is 6.95. The molecule has 2 N–H and O–H groups in total. The Morgan fingerprint density at radius 1 is 1.15 bits per heavy atom. The van der Waals surface area contributed by atoms with E-state index in [-0.39, 0.29) is 10.8 Å². The van der Waals surface area contributed by atoms with E-state index in [1.165, 1.54) is 13.1 Å². The van der Waals surface area contributed by atoms with Gasteiger partial charge in [0.05, 0.1) is 18.6 Å². The van der Waals surface area contributed by atoms with Crippen molar-refractivity contribution in [3.8, 4) is 5.75 Å². The second kappa shape index (κ2) is 8.98. The summed E-state index contributed by atoms with van der Waals surface area (Å²) in [5, 5.41) is 2.73. The molecule has 27 heavy (non-hydrogen) atoms. The van der Waals surface area contributed by atoms with E-state index in [0.717, 1.165) is 5.56 Å². The number of hydrogen-bond donors (Lipinski definition) is 2. The number of sulfonamides is 1. The Labute approximate surface area is 159 Å². The molecule has 0 aliphatic heterocycles. The normalized spacial score (nSPS) is 11.3. The second-order valence-electron chi connectivity index (χ2n) is 5.81. The predicted octanol–water partition coefficient (Wildman–Crippen LogP) is 2.70. The van der Waals surface area contributed by atoms with Crippen LogP contribution in [0.5, 0.6) is 5.75 Å². The van der Waals surface area contributed by atoms with Crippen molar-refractivity contribution < 1.29 is 22.7 Å². The van der Waals surface area contributed by atoms with Gasteiger partial charge in [0.2, 0.25) is 10.0 Å². The van der Waals surface area contributed by atoms with E-state index in [9.17, 15) is 13.2 Å². The lowest BCUT2D eigenvalue weighted by Gasteiger charge is -2.12. The van der Waals surface area contributed by atoms with Crippen molar-refractivity contribution in [2.45, 2.75) is 25.3 Å². The van der Waals surface area contributed by atoms with Crippen molar-refractivity contribution in [2.24, 2.45) is 0 Å². The van der Waals surface area contributed by atoms with Gasteiger partial charge in [0.15, 0.2) is 0 Å². The maximum atomic E-state index is 12.6. The number of carbonyl (C=O) groups excluding carboxylic acids is 1. The zero-order chi connectivity index (χ0) is 20.0. The first-order chi connectivity index (χ1) is 12.8. The fraction of sp³-hybridized carbons (Fsp3) is 0.316. The van der Waals surface area contributed by atoms with E-state index in [0.29, 0.717) is 35.8 Å². The van der Waals surface area contributed by atoms with Gasteiger partial charge in [0, 0.05) is 23.4 Å². The van der Waals surface area contributed by atoms with E-state index in [2.05, 4.69) is 10.0 Å². The van der Waals surface area contributed by atoms with Crippen LogP contribution >= 0.6 is 0 Å². The van der Waals surface area contributed by atoms with E-state index in [1.54, 1.807) is 44.4 Å². The van der Waals surface area contributed by atoms with E-state index in [1.807, 2.05) is 6.92 Å². The summed E-state index contributed by atoms with van der Waals surface area (Å²) < 4.78 is 37.2. The molecule has 0 aliphatic carbocycles. The Hall–Kier alpha value is -2.42. The lowest BCUT2D eigenvalue weighted by atomic mass is 10.1. The van der Waals surface area contributed by atoms with Crippen LogP contribution in [-0.4, -0.2) is 35.1 Å². The van der Waals surface area contributed by atoms with Crippen LogP contribution in [0.2, 0.25) is 0 Å². The van der Waals surface area contributed by atoms with Gasteiger partial charge < -0.3 is 14.8 Å². The van der Waals surface area contributed by atoms with E-state index in [4.69, 9.17) is 9.47 Å². The molecule has 0 radical (unpaired) electrons. The number of hydrogen-bond acceptors (Lipinski definition) is 5. The van der Waals surface area contributed by atoms with Crippen LogP contribution in [0.25, 0.3) is 0 Å². The standard InChI is InChI=1S/C19H24N2O5S/c1-5-26-12-15-10-14(7-9-17(15)25-4)19(22)21-16-8-6-13(2)18(11-16)27(23,24)20-3/h6-11,20H,5,12H2,1-4H3,(H,21,22). The zero-order valence-electron chi connectivity index (χ0n) is 15.8. The Morgan fingerprint density at radius 3 is 2.52 bits per heavy atom. The number of rotatable bonds is 8. The van der Waals surface area contributed by atoms with Gasteiger partial charge in [0.1, 0.15) is 5.75 Å². The molecule has 7 nitrogen and oxygen atoms in total. The highest BCUT2D eigenvalue weighted by molar-refractivity contribution is 7.89. The minimum Gasteiger partial charge on any atom is -0.496 e. The summed E-state index contributed by atoms with van der Waals surface area (Å²) in [7, 11) is -0.712. The summed E-state index contributed by atoms with van der Waals surface area (Å²) in [6, 6.07) is 9.78. The zero-order valence-corrected chi connectivity index (χ0v) is 16.6. The lowest BCUT2D eigenvalue weighted by Crippen LogP contribution is -2.20. The van der Waals surface area contributed by atoms with E-state index < -0.39 is 10.0 Å². The monoisotopic (exact) mass is 392 g/mol. The molecular formula is C19H24N2O5S. The highest BCUT2D eigenvalue weighted by atomic mass is 32.2. The van der Waals surface area contributed by atoms with Gasteiger partial charge in [-0.25, -0.2) is 13.1 Å². The number of benzene rings is 2. The van der Waals surface area contributed by atoms with Gasteiger partial charge in [0.25, 0.3) is 5.91 Å². The average Bonchev–Trinajstić information content (AvgIpc) is 2.67. The molecule has 2 rings (SSSR count). The van der Waals surface area contributed by atoms with Gasteiger partial charge in [-0.1, -0.05) is 6.07 Å². The molecule has 1 amide bonds. The molecule has 0 spiro atoms. The largest absolute Gasteiger partial charge is 0.496 e. The minimum absolute atomic E-state index is 0.120. The highest BCUT2D eigenvalue weighted by Crippen LogP contribution is 2.23. The number of carbonyl (C=O) groups is 1. The highest BCUT2D eigenvalue weighted by Gasteiger charge is 2.16. The van der Waals surface area contributed by atoms with Crippen LogP contribution in [0.1, 0.15) is 28.4 Å². The van der Waals surface area contributed by atoms with Crippen molar-refractivity contribution in [3.05, 3.63) is 53.1 Å². The fourth-order valence-electron chi connectivity index (χ4n) is 2.53. The van der Waals surface area contributed by atoms with Crippen LogP contribution in [-0.2, 0) is 21.4 Å². The molecule has 0 fully saturated rings. The minimum atomic E-state index is -3.61. The quantitative estimate of drug-likeness (QED) is 0.720. The maximum absolute atomic E-state index is 12.6. The molecule has 0 saturated carbocycles. The first-order valence-electron chi connectivity index (χ1n) is 8.42. The Bertz CT molecular complexity index is 926. The molecule has 0 atom stereocenters. The van der Waals surface area contributed by atoms with Crippen LogP contribution in [0.4, 0.5) is 5.69 Å². The predicted molar refractivity (Wildman–Crippen MR) is 104 cm³/mol. The number of amides is 1. The van der Waals surface area contributed by atoms with Crippen molar-refractivity contribution in [1.29, 1.82) is 0 Å². The summed E-state index contributed by atoms with van der Waals surface area (Å²) in [4.78, 5) is 12.7. The second-order valence-corrected chi connectivity index (χ2v) is 7.66. The summed E-state index contributed by atoms with van der Waals surface area (Å²) >= 11 is 0. The molecule has 0 saturated heterocycles. The first kappa shape index (κ1) is 20.9. The van der Waals surface area contributed by atoms with Gasteiger partial charge in [-0.3, -0.25) is 4.79 Å². The molecular weight excluding hydrogens is 368 g/mol. The van der Waals surface area contributed by atoms with Crippen LogP contribution < -0.4 is 14.8 Å². The first-order valence-corrected chi connectivity index (χ1v) is 9.91. The molecule has 0 aliphatic rings. The number of aryl methyl sites for hydroxylation is 1. The fourth-order valence-corrected chi connectivity index (χ4v) is 3.52. The number of nitrogens with one attached hydrogen (secondary N) is 2. The maximum Gasteiger partial charge on any atom is 0.255 e. The SMILES string of the molecule is CCOCc1cc(C(=O)Nc2ccc(C)c(S(=O)(=O)NC)c2)ccc1OC. The van der Waals surface area contributed by atoms with Crippen molar-refractivity contribution in [2.75, 3.05) is 26.1 Å². The topological polar surface area (TPSA) is 93.7 Å².